The molecule has 0 bridgehead atoms. The fourth-order valence-corrected chi connectivity index (χ4v) is 1.23. The molecule has 0 unspecified atom stereocenters. The molecule has 0 rings (SSSR count). The van der Waals surface area contributed by atoms with E-state index in [-0.39, 0.29) is 0 Å². The molecule has 0 aromatic heterocycles. The summed E-state index contributed by atoms with van der Waals surface area (Å²) in [5.74, 6) is 4.84. The fourth-order valence-electron chi connectivity index (χ4n) is 1.23. The van der Waals surface area contributed by atoms with Crippen LogP contribution in [0.5, 0.6) is 0 Å². The first-order valence-electron chi connectivity index (χ1n) is 5.72. The summed E-state index contributed by atoms with van der Waals surface area (Å²) in [5.41, 5.74) is 5.40. The zero-order valence-corrected chi connectivity index (χ0v) is 9.54. The Labute approximate surface area is 92.4 Å². The van der Waals surface area contributed by atoms with Crippen LogP contribution < -0.4 is 16.9 Å². The van der Waals surface area contributed by atoms with E-state index in [0.717, 1.165) is 26.1 Å². The Hall–Kier alpha value is -0.200. The summed E-state index contributed by atoms with van der Waals surface area (Å²) >= 11 is 0. The standard InChI is InChI=1S/C10H25N3O2/c11-5-3-1-2-4-6-13-7-8-14-9-10-15-12/h13H,1-12H2. The molecular weight excluding hydrogens is 194 g/mol. The van der Waals surface area contributed by atoms with Gasteiger partial charge in [0.1, 0.15) is 0 Å². The average Bonchev–Trinajstić information content (AvgIpc) is 2.26. The summed E-state index contributed by atoms with van der Waals surface area (Å²) in [4.78, 5) is 4.37. The van der Waals surface area contributed by atoms with Crippen LogP contribution in [-0.2, 0) is 9.57 Å². The molecule has 15 heavy (non-hydrogen) atoms. The molecule has 5 heteroatoms. The van der Waals surface area contributed by atoms with Gasteiger partial charge in [-0.15, -0.1) is 0 Å². The summed E-state index contributed by atoms with van der Waals surface area (Å²) in [6.45, 7) is 4.49. The zero-order valence-electron chi connectivity index (χ0n) is 9.54. The number of hydrogen-bond acceptors (Lipinski definition) is 5. The number of nitrogens with one attached hydrogen (secondary N) is 1. The number of unbranched alkanes of at least 4 members (excludes halogenated alkanes) is 3. The van der Waals surface area contributed by atoms with Crippen molar-refractivity contribution in [1.82, 2.24) is 5.32 Å². The van der Waals surface area contributed by atoms with Crippen LogP contribution in [0.3, 0.4) is 0 Å². The zero-order chi connectivity index (χ0) is 11.2. The lowest BCUT2D eigenvalue weighted by Crippen LogP contribution is -2.22. The van der Waals surface area contributed by atoms with Crippen molar-refractivity contribution in [1.29, 1.82) is 0 Å². The highest BCUT2D eigenvalue weighted by atomic mass is 16.6. The molecule has 0 aromatic rings. The molecule has 0 amide bonds. The molecule has 0 radical (unpaired) electrons. The van der Waals surface area contributed by atoms with Crippen LogP contribution in [0.1, 0.15) is 25.7 Å². The Morgan fingerprint density at radius 3 is 2.40 bits per heavy atom. The lowest BCUT2D eigenvalue weighted by Gasteiger charge is -2.05. The second kappa shape index (κ2) is 13.8. The molecule has 0 aliphatic heterocycles. The van der Waals surface area contributed by atoms with Crippen molar-refractivity contribution in [2.24, 2.45) is 11.6 Å². The molecule has 0 spiro atoms. The quantitative estimate of drug-likeness (QED) is 0.318. The molecule has 0 aliphatic rings. The first-order chi connectivity index (χ1) is 7.41. The maximum atomic E-state index is 5.40. The average molecular weight is 219 g/mol. The van der Waals surface area contributed by atoms with Crippen LogP contribution in [0, 0.1) is 0 Å². The van der Waals surface area contributed by atoms with Crippen molar-refractivity contribution in [3.63, 3.8) is 0 Å². The van der Waals surface area contributed by atoms with Gasteiger partial charge in [-0.3, -0.25) is 0 Å². The summed E-state index contributed by atoms with van der Waals surface area (Å²) in [5, 5.41) is 3.31. The summed E-state index contributed by atoms with van der Waals surface area (Å²) < 4.78 is 5.24. The molecule has 0 saturated heterocycles. The van der Waals surface area contributed by atoms with Gasteiger partial charge in [-0.05, 0) is 25.9 Å². The van der Waals surface area contributed by atoms with Gasteiger partial charge >= 0.3 is 0 Å². The monoisotopic (exact) mass is 219 g/mol. The van der Waals surface area contributed by atoms with Gasteiger partial charge in [-0.2, -0.15) is 0 Å². The van der Waals surface area contributed by atoms with Gasteiger partial charge < -0.3 is 20.6 Å². The van der Waals surface area contributed by atoms with E-state index >= 15 is 0 Å². The SMILES string of the molecule is NCCCCCCNCCOCCON. The second-order valence-corrected chi connectivity index (χ2v) is 3.44. The Morgan fingerprint density at radius 2 is 1.67 bits per heavy atom. The van der Waals surface area contributed by atoms with Gasteiger partial charge in [0, 0.05) is 6.54 Å². The minimum Gasteiger partial charge on any atom is -0.378 e. The van der Waals surface area contributed by atoms with E-state index in [1.54, 1.807) is 0 Å². The van der Waals surface area contributed by atoms with Crippen LogP contribution >= 0.6 is 0 Å². The molecule has 92 valence electrons. The summed E-state index contributed by atoms with van der Waals surface area (Å²) in [7, 11) is 0. The van der Waals surface area contributed by atoms with Crippen LogP contribution in [0.2, 0.25) is 0 Å². The Bertz CT molecular complexity index is 103. The van der Waals surface area contributed by atoms with Crippen molar-refractivity contribution in [2.45, 2.75) is 25.7 Å². The third-order valence-corrected chi connectivity index (χ3v) is 2.08. The van der Waals surface area contributed by atoms with E-state index in [4.69, 9.17) is 16.4 Å². The highest BCUT2D eigenvalue weighted by molar-refractivity contribution is 4.49. The number of rotatable bonds is 12. The molecule has 0 saturated carbocycles. The Balaban J connectivity index is 2.81. The normalized spacial score (nSPS) is 10.8. The predicted octanol–water partition coefficient (Wildman–Crippen LogP) is 0.00200. The Morgan fingerprint density at radius 1 is 0.867 bits per heavy atom. The first kappa shape index (κ1) is 14.8. The summed E-state index contributed by atoms with van der Waals surface area (Å²) in [6, 6.07) is 0. The molecule has 0 heterocycles. The maximum absolute atomic E-state index is 5.40. The van der Waals surface area contributed by atoms with Crippen molar-refractivity contribution in [3.05, 3.63) is 0 Å². The summed E-state index contributed by atoms with van der Waals surface area (Å²) in [6.07, 6.45) is 4.85. The largest absolute Gasteiger partial charge is 0.378 e. The third kappa shape index (κ3) is 13.8. The fraction of sp³-hybridized carbons (Fsp3) is 1.00. The van der Waals surface area contributed by atoms with Crippen molar-refractivity contribution < 1.29 is 9.57 Å². The van der Waals surface area contributed by atoms with E-state index < -0.39 is 0 Å². The molecular formula is C10H25N3O2. The van der Waals surface area contributed by atoms with Crippen molar-refractivity contribution in [3.8, 4) is 0 Å². The maximum Gasteiger partial charge on any atom is 0.0913 e. The Kier molecular flexibility index (Phi) is 13.6. The van der Waals surface area contributed by atoms with E-state index in [1.807, 2.05) is 0 Å². The van der Waals surface area contributed by atoms with Gasteiger partial charge in [0.25, 0.3) is 0 Å². The molecule has 0 aliphatic carbocycles. The second-order valence-electron chi connectivity index (χ2n) is 3.44. The van der Waals surface area contributed by atoms with Gasteiger partial charge in [0.15, 0.2) is 0 Å². The predicted molar refractivity (Wildman–Crippen MR) is 61.4 cm³/mol. The number of nitrogens with two attached hydrogens (primary N) is 2. The van der Waals surface area contributed by atoms with Gasteiger partial charge in [0.2, 0.25) is 0 Å². The smallest absolute Gasteiger partial charge is 0.0913 e. The highest BCUT2D eigenvalue weighted by Crippen LogP contribution is 1.96. The van der Waals surface area contributed by atoms with Gasteiger partial charge in [-0.1, -0.05) is 12.8 Å². The van der Waals surface area contributed by atoms with Crippen LogP contribution in [-0.4, -0.2) is 39.5 Å². The molecule has 0 atom stereocenters. The van der Waals surface area contributed by atoms with E-state index in [1.165, 1.54) is 19.3 Å². The minimum atomic E-state index is 0.457. The van der Waals surface area contributed by atoms with Crippen molar-refractivity contribution >= 4 is 0 Å². The molecule has 5 nitrogen and oxygen atoms in total. The van der Waals surface area contributed by atoms with Gasteiger partial charge in [-0.25, -0.2) is 5.90 Å². The van der Waals surface area contributed by atoms with E-state index in [0.29, 0.717) is 19.8 Å². The molecule has 0 fully saturated rings. The minimum absolute atomic E-state index is 0.457. The van der Waals surface area contributed by atoms with Crippen LogP contribution in [0.4, 0.5) is 0 Å². The van der Waals surface area contributed by atoms with E-state index in [2.05, 4.69) is 10.2 Å². The highest BCUT2D eigenvalue weighted by Gasteiger charge is 1.90. The number of ether oxygens (including phenoxy) is 1. The third-order valence-electron chi connectivity index (χ3n) is 2.08. The number of hydrogen-bond donors (Lipinski definition) is 3. The lowest BCUT2D eigenvalue weighted by atomic mass is 10.2. The molecule has 5 N–H and O–H groups in total. The van der Waals surface area contributed by atoms with Crippen LogP contribution in [0.15, 0.2) is 0 Å². The van der Waals surface area contributed by atoms with Crippen molar-refractivity contribution in [2.75, 3.05) is 39.5 Å². The molecule has 0 aromatic carbocycles. The topological polar surface area (TPSA) is 82.5 Å². The van der Waals surface area contributed by atoms with Crippen LogP contribution in [0.25, 0.3) is 0 Å². The lowest BCUT2D eigenvalue weighted by molar-refractivity contribution is 0.0489. The van der Waals surface area contributed by atoms with Gasteiger partial charge in [0.05, 0.1) is 19.8 Å². The van der Waals surface area contributed by atoms with E-state index in [9.17, 15) is 0 Å². The first-order valence-corrected chi connectivity index (χ1v) is 5.72.